The van der Waals surface area contributed by atoms with E-state index in [0.29, 0.717) is 19.4 Å². The average Bonchev–Trinajstić information content (AvgIpc) is 2.83. The number of carbonyl (C=O) groups is 1. The van der Waals surface area contributed by atoms with Crippen molar-refractivity contribution in [1.29, 1.82) is 0 Å². The predicted octanol–water partition coefficient (Wildman–Crippen LogP) is 4.21. The summed E-state index contributed by atoms with van der Waals surface area (Å²) in [7, 11) is 1.64. The number of ether oxygens (including phenoxy) is 1. The summed E-state index contributed by atoms with van der Waals surface area (Å²) in [6.45, 7) is 1.33. The Labute approximate surface area is 187 Å². The van der Waals surface area contributed by atoms with E-state index in [0.717, 1.165) is 47.5 Å². The van der Waals surface area contributed by atoms with Gasteiger partial charge in [0.1, 0.15) is 11.6 Å². The van der Waals surface area contributed by atoms with E-state index in [4.69, 9.17) is 10.5 Å². The van der Waals surface area contributed by atoms with E-state index in [1.165, 1.54) is 12.1 Å². The van der Waals surface area contributed by atoms with Crippen LogP contribution in [0, 0.1) is 5.82 Å². The number of aromatic nitrogens is 2. The molecule has 2 heterocycles. The minimum absolute atomic E-state index is 0.0547. The number of nitrogens with two attached hydrogens (primary N) is 1. The smallest absolute Gasteiger partial charge is 0.222 e. The Kier molecular flexibility index (Phi) is 6.63. The number of carbonyl (C=O) groups excluding carboxylic acids is 1. The highest BCUT2D eigenvalue weighted by molar-refractivity contribution is 5.77. The molecule has 3 aromatic rings. The topological polar surface area (TPSA) is 81.3 Å². The van der Waals surface area contributed by atoms with E-state index in [9.17, 15) is 9.18 Å². The number of nitrogen functional groups attached to an aromatic ring is 1. The van der Waals surface area contributed by atoms with Gasteiger partial charge in [-0.25, -0.2) is 14.4 Å². The van der Waals surface area contributed by atoms with Crippen LogP contribution >= 0.6 is 0 Å². The molecule has 1 saturated heterocycles. The molecule has 1 atom stereocenters. The predicted molar refractivity (Wildman–Crippen MR) is 122 cm³/mol. The number of nitrogens with zero attached hydrogens (tertiary/aromatic N) is 3. The van der Waals surface area contributed by atoms with Crippen LogP contribution in [0.25, 0.3) is 11.1 Å². The molecule has 2 N–H and O–H groups in total. The number of likely N-dealkylation sites (tertiary alicyclic amines) is 1. The second-order valence-electron chi connectivity index (χ2n) is 8.06. The Morgan fingerprint density at radius 1 is 1.19 bits per heavy atom. The van der Waals surface area contributed by atoms with Crippen LogP contribution in [0.15, 0.2) is 54.7 Å². The fraction of sp³-hybridized carbons (Fsp3) is 0.320. The summed E-state index contributed by atoms with van der Waals surface area (Å²) in [4.78, 5) is 23.5. The first-order chi connectivity index (χ1) is 15.5. The minimum Gasteiger partial charge on any atom is -0.497 e. The summed E-state index contributed by atoms with van der Waals surface area (Å²) < 4.78 is 18.6. The lowest BCUT2D eigenvalue weighted by molar-refractivity contribution is -0.132. The van der Waals surface area contributed by atoms with Crippen LogP contribution in [0.5, 0.6) is 5.75 Å². The number of anilines is 1. The van der Waals surface area contributed by atoms with E-state index in [1.54, 1.807) is 25.4 Å². The molecule has 0 aliphatic carbocycles. The fourth-order valence-electron chi connectivity index (χ4n) is 4.20. The molecule has 1 unspecified atom stereocenters. The Bertz CT molecular complexity index is 1070. The third-order valence-electron chi connectivity index (χ3n) is 5.94. The van der Waals surface area contributed by atoms with Crippen LogP contribution in [-0.4, -0.2) is 41.0 Å². The lowest BCUT2D eigenvalue weighted by atomic mass is 9.89. The molecule has 6 nitrogen and oxygen atoms in total. The summed E-state index contributed by atoms with van der Waals surface area (Å²) >= 11 is 0. The number of aryl methyl sites for hydroxylation is 1. The maximum absolute atomic E-state index is 13.4. The van der Waals surface area contributed by atoms with Gasteiger partial charge in [0.2, 0.25) is 11.9 Å². The summed E-state index contributed by atoms with van der Waals surface area (Å²) in [6.07, 6.45) is 4.63. The molecule has 32 heavy (non-hydrogen) atoms. The molecule has 1 fully saturated rings. The van der Waals surface area contributed by atoms with Gasteiger partial charge in [0.15, 0.2) is 0 Å². The molecular formula is C25H27FN4O2. The highest BCUT2D eigenvalue weighted by atomic mass is 19.1. The fourth-order valence-corrected chi connectivity index (χ4v) is 4.20. The lowest BCUT2D eigenvalue weighted by Gasteiger charge is -2.33. The van der Waals surface area contributed by atoms with E-state index < -0.39 is 0 Å². The van der Waals surface area contributed by atoms with Crippen LogP contribution in [0.4, 0.5) is 10.3 Å². The van der Waals surface area contributed by atoms with Crippen molar-refractivity contribution in [2.45, 2.75) is 31.6 Å². The van der Waals surface area contributed by atoms with Crippen molar-refractivity contribution < 1.29 is 13.9 Å². The Hall–Kier alpha value is -3.48. The Morgan fingerprint density at radius 3 is 2.66 bits per heavy atom. The van der Waals surface area contributed by atoms with Crippen molar-refractivity contribution in [3.8, 4) is 16.9 Å². The third kappa shape index (κ3) is 5.04. The standard InChI is InChI=1S/C25H27FN4O2/c1-32-21-11-4-17(5-12-21)6-13-23(31)30-14-2-3-19(16-30)24-22(15-28-25(27)29-24)18-7-9-20(26)10-8-18/h4-5,7-12,15,19H,2-3,6,13-14,16H2,1H3,(H2,27,28,29). The second-order valence-corrected chi connectivity index (χ2v) is 8.06. The van der Waals surface area contributed by atoms with E-state index in [1.807, 2.05) is 29.2 Å². The highest BCUT2D eigenvalue weighted by Crippen LogP contribution is 2.33. The van der Waals surface area contributed by atoms with E-state index in [2.05, 4.69) is 9.97 Å². The second kappa shape index (κ2) is 9.77. The molecule has 1 aliphatic heterocycles. The molecule has 0 spiro atoms. The first-order valence-electron chi connectivity index (χ1n) is 10.8. The van der Waals surface area contributed by atoms with Crippen molar-refractivity contribution >= 4 is 11.9 Å². The van der Waals surface area contributed by atoms with E-state index in [-0.39, 0.29) is 23.6 Å². The van der Waals surface area contributed by atoms with Crippen molar-refractivity contribution in [2.75, 3.05) is 25.9 Å². The Morgan fingerprint density at radius 2 is 1.94 bits per heavy atom. The molecule has 166 valence electrons. The minimum atomic E-state index is -0.294. The summed E-state index contributed by atoms with van der Waals surface area (Å²) in [5, 5.41) is 0. The Balaban J connectivity index is 1.47. The van der Waals surface area contributed by atoms with Gasteiger partial charge >= 0.3 is 0 Å². The van der Waals surface area contributed by atoms with Gasteiger partial charge in [-0.15, -0.1) is 0 Å². The molecule has 7 heteroatoms. The number of hydrogen-bond donors (Lipinski definition) is 1. The first-order valence-corrected chi connectivity index (χ1v) is 10.8. The zero-order chi connectivity index (χ0) is 22.5. The van der Waals surface area contributed by atoms with Crippen molar-refractivity contribution in [1.82, 2.24) is 14.9 Å². The van der Waals surface area contributed by atoms with E-state index >= 15 is 0 Å². The normalized spacial score (nSPS) is 16.1. The average molecular weight is 435 g/mol. The number of halogens is 1. The number of piperidine rings is 1. The van der Waals surface area contributed by atoms with Crippen molar-refractivity contribution in [3.63, 3.8) is 0 Å². The van der Waals surface area contributed by atoms with Gasteiger partial charge in [-0.05, 0) is 54.7 Å². The van der Waals surface area contributed by atoms with Gasteiger partial charge in [-0.3, -0.25) is 4.79 Å². The van der Waals surface area contributed by atoms with Crippen LogP contribution in [0.3, 0.4) is 0 Å². The SMILES string of the molecule is COc1ccc(CCC(=O)N2CCCC(c3nc(N)ncc3-c3ccc(F)cc3)C2)cc1. The van der Waals surface area contributed by atoms with Gasteiger partial charge in [0, 0.05) is 37.2 Å². The molecule has 1 aromatic heterocycles. The first kappa shape index (κ1) is 21.7. The summed E-state index contributed by atoms with van der Waals surface area (Å²) in [5.41, 5.74) is 9.48. The number of methoxy groups -OCH3 is 1. The van der Waals surface area contributed by atoms with Crippen LogP contribution in [0.2, 0.25) is 0 Å². The summed E-state index contributed by atoms with van der Waals surface area (Å²) in [5.74, 6) is 0.904. The number of benzene rings is 2. The van der Waals surface area contributed by atoms with Gasteiger partial charge in [-0.2, -0.15) is 0 Å². The molecule has 2 aromatic carbocycles. The van der Waals surface area contributed by atoms with Gasteiger partial charge in [-0.1, -0.05) is 24.3 Å². The van der Waals surface area contributed by atoms with Crippen molar-refractivity contribution in [3.05, 3.63) is 71.8 Å². The zero-order valence-corrected chi connectivity index (χ0v) is 18.1. The van der Waals surface area contributed by atoms with Gasteiger partial charge < -0.3 is 15.4 Å². The number of hydrogen-bond acceptors (Lipinski definition) is 5. The lowest BCUT2D eigenvalue weighted by Crippen LogP contribution is -2.39. The van der Waals surface area contributed by atoms with Crippen molar-refractivity contribution in [2.24, 2.45) is 0 Å². The quantitative estimate of drug-likeness (QED) is 0.628. The highest BCUT2D eigenvalue weighted by Gasteiger charge is 2.28. The number of rotatable bonds is 6. The third-order valence-corrected chi connectivity index (χ3v) is 5.94. The molecule has 0 saturated carbocycles. The molecule has 1 aliphatic rings. The zero-order valence-electron chi connectivity index (χ0n) is 18.1. The van der Waals surface area contributed by atoms with Crippen LogP contribution in [0.1, 0.15) is 36.4 Å². The molecule has 0 radical (unpaired) electrons. The maximum atomic E-state index is 13.4. The molecule has 0 bridgehead atoms. The monoisotopic (exact) mass is 434 g/mol. The molecule has 4 rings (SSSR count). The van der Waals surface area contributed by atoms with Gasteiger partial charge in [0.25, 0.3) is 0 Å². The van der Waals surface area contributed by atoms with Gasteiger partial charge in [0.05, 0.1) is 12.8 Å². The maximum Gasteiger partial charge on any atom is 0.222 e. The van der Waals surface area contributed by atoms with Crippen LogP contribution in [-0.2, 0) is 11.2 Å². The number of amides is 1. The molecule has 1 amide bonds. The van der Waals surface area contributed by atoms with Crippen LogP contribution < -0.4 is 10.5 Å². The largest absolute Gasteiger partial charge is 0.497 e. The molecular weight excluding hydrogens is 407 g/mol. The summed E-state index contributed by atoms with van der Waals surface area (Å²) in [6, 6.07) is 14.1.